The Morgan fingerprint density at radius 1 is 1.67 bits per heavy atom. The fraction of sp³-hybridized carbons (Fsp3) is 0.333. The van der Waals surface area contributed by atoms with Crippen molar-refractivity contribution in [2.45, 2.75) is 6.42 Å². The molecule has 0 aromatic carbocycles. The summed E-state index contributed by atoms with van der Waals surface area (Å²) in [5.41, 5.74) is 0. The highest BCUT2D eigenvalue weighted by Gasteiger charge is 2.11. The number of rotatable bonds is 2. The van der Waals surface area contributed by atoms with Gasteiger partial charge in [-0.1, -0.05) is 23.2 Å². The van der Waals surface area contributed by atoms with Crippen molar-refractivity contribution < 1.29 is 9.53 Å². The van der Waals surface area contributed by atoms with E-state index >= 15 is 0 Å². The third-order valence-corrected chi connectivity index (χ3v) is 2.74. The van der Waals surface area contributed by atoms with Crippen LogP contribution in [0.5, 0.6) is 0 Å². The highest BCUT2D eigenvalue weighted by molar-refractivity contribution is 7.16. The van der Waals surface area contributed by atoms with Crippen LogP contribution in [0.15, 0.2) is 0 Å². The van der Waals surface area contributed by atoms with Gasteiger partial charge in [-0.25, -0.2) is 4.98 Å². The molecule has 0 aliphatic rings. The zero-order chi connectivity index (χ0) is 9.14. The highest BCUT2D eigenvalue weighted by atomic mass is 35.5. The van der Waals surface area contributed by atoms with Crippen LogP contribution >= 0.6 is 34.5 Å². The summed E-state index contributed by atoms with van der Waals surface area (Å²) in [6.45, 7) is 0. The molecule has 0 bridgehead atoms. The van der Waals surface area contributed by atoms with E-state index in [1.165, 1.54) is 18.4 Å². The molecule has 0 amide bonds. The van der Waals surface area contributed by atoms with E-state index in [-0.39, 0.29) is 17.5 Å². The minimum absolute atomic E-state index is 0.125. The van der Waals surface area contributed by atoms with Crippen LogP contribution < -0.4 is 0 Å². The van der Waals surface area contributed by atoms with Crippen LogP contribution in [0.4, 0.5) is 0 Å². The van der Waals surface area contributed by atoms with E-state index in [0.29, 0.717) is 9.34 Å². The van der Waals surface area contributed by atoms with Crippen molar-refractivity contribution in [2.75, 3.05) is 7.11 Å². The zero-order valence-electron chi connectivity index (χ0n) is 6.13. The van der Waals surface area contributed by atoms with Crippen molar-refractivity contribution in [3.05, 3.63) is 14.5 Å². The monoisotopic (exact) mass is 225 g/mol. The first-order chi connectivity index (χ1) is 5.63. The summed E-state index contributed by atoms with van der Waals surface area (Å²) in [6, 6.07) is 0. The summed E-state index contributed by atoms with van der Waals surface area (Å²) < 4.78 is 4.79. The first kappa shape index (κ1) is 9.77. The van der Waals surface area contributed by atoms with Crippen molar-refractivity contribution in [1.82, 2.24) is 4.98 Å². The molecule has 0 atom stereocenters. The summed E-state index contributed by atoms with van der Waals surface area (Å²) in [7, 11) is 1.32. The maximum Gasteiger partial charge on any atom is 0.310 e. The molecule has 0 aliphatic carbocycles. The highest BCUT2D eigenvalue weighted by Crippen LogP contribution is 2.26. The van der Waals surface area contributed by atoms with Crippen LogP contribution in [0.25, 0.3) is 0 Å². The Labute approximate surface area is 83.3 Å². The van der Waals surface area contributed by atoms with E-state index in [1.807, 2.05) is 0 Å². The van der Waals surface area contributed by atoms with Gasteiger partial charge in [-0.05, 0) is 0 Å². The molecule has 0 fully saturated rings. The van der Waals surface area contributed by atoms with E-state index in [9.17, 15) is 4.79 Å². The summed E-state index contributed by atoms with van der Waals surface area (Å²) >= 11 is 12.4. The number of hydrogen-bond donors (Lipinski definition) is 0. The molecule has 1 rings (SSSR count). The SMILES string of the molecule is COC(=O)Cc1sc(Cl)nc1Cl. The van der Waals surface area contributed by atoms with Gasteiger partial charge in [-0.15, -0.1) is 11.3 Å². The average molecular weight is 226 g/mol. The van der Waals surface area contributed by atoms with Gasteiger partial charge in [0.15, 0.2) is 4.47 Å². The Hall–Kier alpha value is -0.320. The minimum Gasteiger partial charge on any atom is -0.469 e. The molecule has 0 radical (unpaired) electrons. The number of carbonyl (C=O) groups excluding carboxylic acids is 1. The topological polar surface area (TPSA) is 39.2 Å². The van der Waals surface area contributed by atoms with Gasteiger partial charge in [0, 0.05) is 0 Å². The maximum absolute atomic E-state index is 10.8. The molecule has 0 unspecified atom stereocenters. The standard InChI is InChI=1S/C6H5Cl2NO2S/c1-11-4(10)2-3-5(7)9-6(8)12-3/h2H2,1H3. The lowest BCUT2D eigenvalue weighted by atomic mass is 10.4. The first-order valence-electron chi connectivity index (χ1n) is 3.01. The number of hydrogen-bond acceptors (Lipinski definition) is 4. The summed E-state index contributed by atoms with van der Waals surface area (Å²) in [4.78, 5) is 15.2. The van der Waals surface area contributed by atoms with Crippen LogP contribution in [0.2, 0.25) is 9.62 Å². The van der Waals surface area contributed by atoms with Crippen LogP contribution in [0.1, 0.15) is 4.88 Å². The van der Waals surface area contributed by atoms with Gasteiger partial charge >= 0.3 is 5.97 Å². The molecule has 6 heteroatoms. The van der Waals surface area contributed by atoms with E-state index in [0.717, 1.165) is 0 Å². The van der Waals surface area contributed by atoms with Gasteiger partial charge in [0.1, 0.15) is 5.15 Å². The van der Waals surface area contributed by atoms with Crippen LogP contribution in [0.3, 0.4) is 0 Å². The number of aromatic nitrogens is 1. The Bertz CT molecular complexity index is 300. The lowest BCUT2D eigenvalue weighted by Crippen LogP contribution is -2.03. The number of carbonyl (C=O) groups is 1. The molecule has 0 spiro atoms. The van der Waals surface area contributed by atoms with Crippen LogP contribution in [-0.2, 0) is 16.0 Å². The second-order valence-electron chi connectivity index (χ2n) is 1.93. The molecule has 3 nitrogen and oxygen atoms in total. The fourth-order valence-electron chi connectivity index (χ4n) is 0.618. The molecule has 0 saturated carbocycles. The number of nitrogens with zero attached hydrogens (tertiary/aromatic N) is 1. The van der Waals surface area contributed by atoms with Gasteiger partial charge in [0.05, 0.1) is 18.4 Å². The number of halogens is 2. The summed E-state index contributed by atoms with van der Waals surface area (Å²) in [6.07, 6.45) is 0.125. The predicted octanol–water partition coefficient (Wildman–Crippen LogP) is 2.17. The zero-order valence-corrected chi connectivity index (χ0v) is 8.46. The molecular weight excluding hydrogens is 221 g/mol. The smallest absolute Gasteiger partial charge is 0.310 e. The van der Waals surface area contributed by atoms with Crippen molar-refractivity contribution in [1.29, 1.82) is 0 Å². The second-order valence-corrected chi connectivity index (χ2v) is 3.96. The van der Waals surface area contributed by atoms with Gasteiger partial charge in [0.25, 0.3) is 0 Å². The van der Waals surface area contributed by atoms with Gasteiger partial charge < -0.3 is 4.74 Å². The Morgan fingerprint density at radius 3 is 2.75 bits per heavy atom. The molecule has 66 valence electrons. The van der Waals surface area contributed by atoms with Gasteiger partial charge in [-0.2, -0.15) is 0 Å². The average Bonchev–Trinajstić information content (AvgIpc) is 2.30. The normalized spacial score (nSPS) is 9.92. The number of thiazole rings is 1. The Morgan fingerprint density at radius 2 is 2.33 bits per heavy atom. The summed E-state index contributed by atoms with van der Waals surface area (Å²) in [5, 5.41) is 0.274. The quantitative estimate of drug-likeness (QED) is 0.725. The molecule has 1 aromatic heterocycles. The minimum atomic E-state index is -0.350. The van der Waals surface area contributed by atoms with Crippen LogP contribution in [0, 0.1) is 0 Å². The predicted molar refractivity (Wildman–Crippen MR) is 47.9 cm³/mol. The molecule has 0 saturated heterocycles. The molecule has 12 heavy (non-hydrogen) atoms. The molecule has 1 aromatic rings. The van der Waals surface area contributed by atoms with Gasteiger partial charge in [0.2, 0.25) is 0 Å². The first-order valence-corrected chi connectivity index (χ1v) is 4.58. The number of esters is 1. The number of methoxy groups -OCH3 is 1. The Balaban J connectivity index is 2.75. The Kier molecular flexibility index (Phi) is 3.31. The third kappa shape index (κ3) is 2.33. The van der Waals surface area contributed by atoms with Crippen LogP contribution in [-0.4, -0.2) is 18.1 Å². The molecule has 0 aliphatic heterocycles. The largest absolute Gasteiger partial charge is 0.469 e. The van der Waals surface area contributed by atoms with E-state index in [1.54, 1.807) is 0 Å². The van der Waals surface area contributed by atoms with Crippen molar-refractivity contribution in [3.8, 4) is 0 Å². The second kappa shape index (κ2) is 4.07. The van der Waals surface area contributed by atoms with Gasteiger partial charge in [-0.3, -0.25) is 4.79 Å². The van der Waals surface area contributed by atoms with Crippen molar-refractivity contribution in [2.24, 2.45) is 0 Å². The lowest BCUT2D eigenvalue weighted by Gasteiger charge is -1.94. The van der Waals surface area contributed by atoms with Crippen molar-refractivity contribution in [3.63, 3.8) is 0 Å². The van der Waals surface area contributed by atoms with E-state index in [2.05, 4.69) is 9.72 Å². The van der Waals surface area contributed by atoms with E-state index in [4.69, 9.17) is 23.2 Å². The molecule has 0 N–H and O–H groups in total. The molecule has 1 heterocycles. The third-order valence-electron chi connectivity index (χ3n) is 1.16. The fourth-order valence-corrected chi connectivity index (χ4v) is 2.00. The molecular formula is C6H5Cl2NO2S. The van der Waals surface area contributed by atoms with Crippen molar-refractivity contribution >= 4 is 40.5 Å². The number of ether oxygens (including phenoxy) is 1. The van der Waals surface area contributed by atoms with E-state index < -0.39 is 0 Å². The maximum atomic E-state index is 10.8. The lowest BCUT2D eigenvalue weighted by molar-refractivity contribution is -0.139. The summed E-state index contributed by atoms with van der Waals surface area (Å²) in [5.74, 6) is -0.350.